The molecule has 7 nitrogen and oxygen atoms in total. The van der Waals surface area contributed by atoms with Crippen molar-refractivity contribution in [3.8, 4) is 0 Å². The summed E-state index contributed by atoms with van der Waals surface area (Å²) < 4.78 is 5.30. The molecule has 0 radical (unpaired) electrons. The van der Waals surface area contributed by atoms with Crippen molar-refractivity contribution < 1.29 is 19.1 Å². The predicted molar refractivity (Wildman–Crippen MR) is 95.3 cm³/mol. The van der Waals surface area contributed by atoms with E-state index in [0.29, 0.717) is 31.8 Å². The van der Waals surface area contributed by atoms with Gasteiger partial charge < -0.3 is 20.3 Å². The van der Waals surface area contributed by atoms with Crippen molar-refractivity contribution in [2.75, 3.05) is 32.8 Å². The number of morpholine rings is 1. The standard InChI is InChI=1S/C19H25N3O4/c1-13-4-6-14(7-5-13)18(24)21-8-2-3-15(11-21)19(25)22-9-10-26-16(12-22)17(20)23/h4-7,15-16H,2-3,8-12H2,1H3,(H2,20,23). The topological polar surface area (TPSA) is 92.9 Å². The zero-order chi connectivity index (χ0) is 18.7. The van der Waals surface area contributed by atoms with E-state index in [0.717, 1.165) is 18.4 Å². The van der Waals surface area contributed by atoms with Crippen LogP contribution in [0.15, 0.2) is 24.3 Å². The van der Waals surface area contributed by atoms with Crippen LogP contribution < -0.4 is 5.73 Å². The maximum atomic E-state index is 12.9. The number of likely N-dealkylation sites (tertiary alicyclic amines) is 1. The van der Waals surface area contributed by atoms with Gasteiger partial charge in [-0.05, 0) is 31.9 Å². The van der Waals surface area contributed by atoms with Crippen LogP contribution in [0.1, 0.15) is 28.8 Å². The van der Waals surface area contributed by atoms with Gasteiger partial charge >= 0.3 is 0 Å². The second kappa shape index (κ2) is 7.86. The van der Waals surface area contributed by atoms with E-state index in [9.17, 15) is 14.4 Å². The Kier molecular flexibility index (Phi) is 5.56. The van der Waals surface area contributed by atoms with E-state index in [-0.39, 0.29) is 24.3 Å². The van der Waals surface area contributed by atoms with Gasteiger partial charge in [-0.3, -0.25) is 14.4 Å². The minimum atomic E-state index is -0.749. The average molecular weight is 359 g/mol. The zero-order valence-corrected chi connectivity index (χ0v) is 15.0. The Balaban J connectivity index is 1.64. The number of benzene rings is 1. The Morgan fingerprint density at radius 2 is 1.81 bits per heavy atom. The third-order valence-electron chi connectivity index (χ3n) is 5.05. The number of aryl methyl sites for hydroxylation is 1. The van der Waals surface area contributed by atoms with Gasteiger partial charge in [-0.2, -0.15) is 0 Å². The summed E-state index contributed by atoms with van der Waals surface area (Å²) in [5.41, 5.74) is 7.03. The lowest BCUT2D eigenvalue weighted by atomic mass is 9.95. The molecule has 140 valence electrons. The molecule has 3 amide bonds. The molecular weight excluding hydrogens is 334 g/mol. The maximum Gasteiger partial charge on any atom is 0.253 e. The van der Waals surface area contributed by atoms with Gasteiger partial charge in [0.05, 0.1) is 19.1 Å². The highest BCUT2D eigenvalue weighted by molar-refractivity contribution is 5.94. The zero-order valence-electron chi connectivity index (χ0n) is 15.0. The first-order chi connectivity index (χ1) is 12.5. The molecule has 2 saturated heterocycles. The monoisotopic (exact) mass is 359 g/mol. The van der Waals surface area contributed by atoms with Crippen molar-refractivity contribution in [2.24, 2.45) is 11.7 Å². The number of primary amides is 1. The lowest BCUT2D eigenvalue weighted by Gasteiger charge is -2.37. The Morgan fingerprint density at radius 1 is 1.08 bits per heavy atom. The van der Waals surface area contributed by atoms with Crippen LogP contribution in [-0.4, -0.2) is 66.4 Å². The first kappa shape index (κ1) is 18.4. The summed E-state index contributed by atoms with van der Waals surface area (Å²) in [4.78, 5) is 40.3. The molecule has 0 spiro atoms. The number of ether oxygens (including phenoxy) is 1. The molecule has 0 bridgehead atoms. The largest absolute Gasteiger partial charge is 0.367 e. The number of carbonyl (C=O) groups excluding carboxylic acids is 3. The maximum absolute atomic E-state index is 12.9. The number of nitrogens with zero attached hydrogens (tertiary/aromatic N) is 2. The molecule has 0 saturated carbocycles. The number of carbonyl (C=O) groups is 3. The van der Waals surface area contributed by atoms with Gasteiger partial charge in [-0.1, -0.05) is 17.7 Å². The highest BCUT2D eigenvalue weighted by atomic mass is 16.5. The first-order valence-corrected chi connectivity index (χ1v) is 9.01. The highest BCUT2D eigenvalue weighted by Gasteiger charge is 2.34. The Hall–Kier alpha value is -2.41. The van der Waals surface area contributed by atoms with Gasteiger partial charge in [0, 0.05) is 25.2 Å². The Bertz CT molecular complexity index is 689. The van der Waals surface area contributed by atoms with Crippen molar-refractivity contribution in [2.45, 2.75) is 25.9 Å². The van der Waals surface area contributed by atoms with Crippen LogP contribution in [0, 0.1) is 12.8 Å². The molecule has 2 fully saturated rings. The van der Waals surface area contributed by atoms with E-state index < -0.39 is 12.0 Å². The lowest BCUT2D eigenvalue weighted by molar-refractivity contribution is -0.149. The predicted octanol–water partition coefficient (Wildman–Crippen LogP) is 0.560. The minimum absolute atomic E-state index is 0.0269. The smallest absolute Gasteiger partial charge is 0.253 e. The van der Waals surface area contributed by atoms with Crippen molar-refractivity contribution in [1.29, 1.82) is 0 Å². The minimum Gasteiger partial charge on any atom is -0.367 e. The fourth-order valence-corrected chi connectivity index (χ4v) is 3.52. The molecule has 2 aliphatic rings. The van der Waals surface area contributed by atoms with Crippen molar-refractivity contribution >= 4 is 17.7 Å². The van der Waals surface area contributed by atoms with Crippen LogP contribution in [0.5, 0.6) is 0 Å². The van der Waals surface area contributed by atoms with Crippen LogP contribution in [0.3, 0.4) is 0 Å². The van der Waals surface area contributed by atoms with E-state index in [1.54, 1.807) is 9.80 Å². The van der Waals surface area contributed by atoms with Crippen molar-refractivity contribution in [1.82, 2.24) is 9.80 Å². The molecule has 2 atom stereocenters. The second-order valence-corrected chi connectivity index (χ2v) is 7.00. The molecule has 1 aromatic carbocycles. The van der Waals surface area contributed by atoms with Crippen LogP contribution in [0.4, 0.5) is 0 Å². The van der Waals surface area contributed by atoms with Crippen LogP contribution >= 0.6 is 0 Å². The number of hydrogen-bond acceptors (Lipinski definition) is 4. The molecule has 3 rings (SSSR count). The Labute approximate surface area is 153 Å². The number of nitrogens with two attached hydrogens (primary N) is 1. The molecule has 7 heteroatoms. The fraction of sp³-hybridized carbons (Fsp3) is 0.526. The molecule has 2 heterocycles. The van der Waals surface area contributed by atoms with E-state index in [1.165, 1.54) is 0 Å². The first-order valence-electron chi connectivity index (χ1n) is 9.01. The lowest BCUT2D eigenvalue weighted by Crippen LogP contribution is -2.54. The summed E-state index contributed by atoms with van der Waals surface area (Å²) >= 11 is 0. The summed E-state index contributed by atoms with van der Waals surface area (Å²) in [6, 6.07) is 7.47. The summed E-state index contributed by atoms with van der Waals surface area (Å²) in [5, 5.41) is 0. The van der Waals surface area contributed by atoms with Crippen molar-refractivity contribution in [3.05, 3.63) is 35.4 Å². The SMILES string of the molecule is Cc1ccc(C(=O)N2CCCC(C(=O)N3CCOC(C(N)=O)C3)C2)cc1. The fourth-order valence-electron chi connectivity index (χ4n) is 3.52. The molecule has 2 unspecified atom stereocenters. The van der Waals surface area contributed by atoms with Gasteiger partial charge in [-0.25, -0.2) is 0 Å². The van der Waals surface area contributed by atoms with Crippen LogP contribution in [0.25, 0.3) is 0 Å². The summed E-state index contributed by atoms with van der Waals surface area (Å²) in [7, 11) is 0. The molecule has 0 aliphatic carbocycles. The quantitative estimate of drug-likeness (QED) is 0.853. The molecule has 2 N–H and O–H groups in total. The molecule has 0 aromatic heterocycles. The van der Waals surface area contributed by atoms with Crippen LogP contribution in [0.2, 0.25) is 0 Å². The van der Waals surface area contributed by atoms with E-state index >= 15 is 0 Å². The van der Waals surface area contributed by atoms with Gasteiger partial charge in [0.25, 0.3) is 5.91 Å². The summed E-state index contributed by atoms with van der Waals surface area (Å²) in [5.74, 6) is -0.868. The molecule has 26 heavy (non-hydrogen) atoms. The summed E-state index contributed by atoms with van der Waals surface area (Å²) in [6.45, 7) is 3.98. The third kappa shape index (κ3) is 4.04. The normalized spacial score (nSPS) is 23.6. The van der Waals surface area contributed by atoms with E-state index in [1.807, 2.05) is 31.2 Å². The third-order valence-corrected chi connectivity index (χ3v) is 5.05. The van der Waals surface area contributed by atoms with Gasteiger partial charge in [-0.15, -0.1) is 0 Å². The van der Waals surface area contributed by atoms with Crippen molar-refractivity contribution in [3.63, 3.8) is 0 Å². The summed E-state index contributed by atoms with van der Waals surface area (Å²) in [6.07, 6.45) is 0.786. The number of piperidine rings is 1. The van der Waals surface area contributed by atoms with E-state index in [2.05, 4.69) is 0 Å². The number of hydrogen-bond donors (Lipinski definition) is 1. The van der Waals surface area contributed by atoms with E-state index in [4.69, 9.17) is 10.5 Å². The molecule has 1 aromatic rings. The van der Waals surface area contributed by atoms with Gasteiger partial charge in [0.2, 0.25) is 11.8 Å². The Morgan fingerprint density at radius 3 is 2.50 bits per heavy atom. The second-order valence-electron chi connectivity index (χ2n) is 7.00. The molecular formula is C19H25N3O4. The molecule has 2 aliphatic heterocycles. The highest BCUT2D eigenvalue weighted by Crippen LogP contribution is 2.22. The van der Waals surface area contributed by atoms with Crippen LogP contribution in [-0.2, 0) is 14.3 Å². The number of amides is 3. The van der Waals surface area contributed by atoms with Gasteiger partial charge in [0.15, 0.2) is 6.10 Å². The average Bonchev–Trinajstić information content (AvgIpc) is 2.67. The van der Waals surface area contributed by atoms with Gasteiger partial charge in [0.1, 0.15) is 0 Å². The number of rotatable bonds is 3.